The van der Waals surface area contributed by atoms with Gasteiger partial charge in [-0.1, -0.05) is 29.0 Å². The molecule has 3 aromatic rings. The average Bonchev–Trinajstić information content (AvgIpc) is 3.04. The van der Waals surface area contributed by atoms with Gasteiger partial charge in [-0.25, -0.2) is 4.98 Å². The van der Waals surface area contributed by atoms with Crippen LogP contribution in [-0.4, -0.2) is 31.2 Å². The summed E-state index contributed by atoms with van der Waals surface area (Å²) >= 11 is 7.79. The molecule has 0 bridgehead atoms. The fourth-order valence-electron chi connectivity index (χ4n) is 3.16. The molecule has 1 saturated heterocycles. The van der Waals surface area contributed by atoms with E-state index in [2.05, 4.69) is 47.9 Å². The molecule has 2 aromatic carbocycles. The second-order valence-corrected chi connectivity index (χ2v) is 7.75. The molecule has 4 rings (SSSR count). The molecule has 0 N–H and O–H groups in total. The minimum absolute atomic E-state index is 0.789. The molecule has 0 atom stereocenters. The van der Waals surface area contributed by atoms with Crippen LogP contribution in [0.2, 0.25) is 5.02 Å². The highest BCUT2D eigenvalue weighted by Crippen LogP contribution is 2.32. The van der Waals surface area contributed by atoms with Crippen molar-refractivity contribution in [2.24, 2.45) is 0 Å². The minimum Gasteiger partial charge on any atom is -0.368 e. The van der Waals surface area contributed by atoms with Crippen LogP contribution in [0.1, 0.15) is 11.1 Å². The molecule has 0 unspecified atom stereocenters. The van der Waals surface area contributed by atoms with Gasteiger partial charge in [0.05, 0.1) is 10.2 Å². The highest BCUT2D eigenvalue weighted by Gasteiger charge is 2.20. The molecule has 1 aliphatic rings. The molecule has 5 heteroatoms. The Morgan fingerprint density at radius 3 is 2.29 bits per heavy atom. The first-order valence-electron chi connectivity index (χ1n) is 8.24. The number of benzene rings is 2. The predicted octanol–water partition coefficient (Wildman–Crippen LogP) is 4.89. The van der Waals surface area contributed by atoms with Crippen molar-refractivity contribution in [2.45, 2.75) is 13.8 Å². The molecule has 3 nitrogen and oxygen atoms in total. The van der Waals surface area contributed by atoms with Crippen LogP contribution >= 0.6 is 22.9 Å². The fraction of sp³-hybridized carbons (Fsp3) is 0.316. The smallest absolute Gasteiger partial charge is 0.186 e. The van der Waals surface area contributed by atoms with E-state index < -0.39 is 0 Å². The number of thiazole rings is 1. The SMILES string of the molecule is Cc1ccc2sc(N3CCN(c4ccc(Cl)cc4)CC3)nc2c1C. The Balaban J connectivity index is 1.51. The number of fused-ring (bicyclic) bond motifs is 1. The Bertz CT molecular complexity index is 864. The van der Waals surface area contributed by atoms with Crippen LogP contribution in [0.3, 0.4) is 0 Å². The average molecular weight is 358 g/mol. The maximum absolute atomic E-state index is 5.98. The van der Waals surface area contributed by atoms with Crippen molar-refractivity contribution >= 4 is 44.0 Å². The van der Waals surface area contributed by atoms with Gasteiger partial charge in [0.15, 0.2) is 5.13 Å². The molecule has 0 amide bonds. The fourth-order valence-corrected chi connectivity index (χ4v) is 4.36. The van der Waals surface area contributed by atoms with Crippen LogP contribution in [0.5, 0.6) is 0 Å². The summed E-state index contributed by atoms with van der Waals surface area (Å²) in [5.41, 5.74) is 5.02. The van der Waals surface area contributed by atoms with Crippen LogP contribution in [0, 0.1) is 13.8 Å². The Morgan fingerprint density at radius 1 is 0.917 bits per heavy atom. The van der Waals surface area contributed by atoms with Gasteiger partial charge in [0.1, 0.15) is 0 Å². The molecule has 0 radical (unpaired) electrons. The third kappa shape index (κ3) is 2.85. The maximum Gasteiger partial charge on any atom is 0.186 e. The number of piperazine rings is 1. The second-order valence-electron chi connectivity index (χ2n) is 6.30. The molecule has 0 spiro atoms. The lowest BCUT2D eigenvalue weighted by atomic mass is 10.1. The zero-order chi connectivity index (χ0) is 16.7. The third-order valence-corrected chi connectivity index (χ3v) is 6.15. The molecule has 0 aliphatic carbocycles. The van der Waals surface area contributed by atoms with Gasteiger partial charge in [-0.15, -0.1) is 0 Å². The van der Waals surface area contributed by atoms with Gasteiger partial charge < -0.3 is 9.80 Å². The van der Waals surface area contributed by atoms with E-state index in [4.69, 9.17) is 16.6 Å². The number of hydrogen-bond donors (Lipinski definition) is 0. The molecule has 24 heavy (non-hydrogen) atoms. The topological polar surface area (TPSA) is 19.4 Å². The monoisotopic (exact) mass is 357 g/mol. The van der Waals surface area contributed by atoms with E-state index in [0.29, 0.717) is 0 Å². The number of hydrogen-bond acceptors (Lipinski definition) is 4. The molecule has 1 aromatic heterocycles. The van der Waals surface area contributed by atoms with Crippen LogP contribution in [0.15, 0.2) is 36.4 Å². The normalized spacial score (nSPS) is 15.3. The number of halogens is 1. The van der Waals surface area contributed by atoms with Gasteiger partial charge in [0.2, 0.25) is 0 Å². The number of anilines is 2. The van der Waals surface area contributed by atoms with Crippen molar-refractivity contribution in [1.29, 1.82) is 0 Å². The van der Waals surface area contributed by atoms with E-state index in [1.54, 1.807) is 11.3 Å². The van der Waals surface area contributed by atoms with Gasteiger partial charge in [0, 0.05) is 36.9 Å². The predicted molar refractivity (Wildman–Crippen MR) is 105 cm³/mol. The Kier molecular flexibility index (Phi) is 4.10. The Morgan fingerprint density at radius 2 is 1.58 bits per heavy atom. The van der Waals surface area contributed by atoms with Gasteiger partial charge >= 0.3 is 0 Å². The second kappa shape index (κ2) is 6.26. The van der Waals surface area contributed by atoms with E-state index >= 15 is 0 Å². The molecule has 0 saturated carbocycles. The molecule has 124 valence electrons. The lowest BCUT2D eigenvalue weighted by Gasteiger charge is -2.36. The number of aromatic nitrogens is 1. The lowest BCUT2D eigenvalue weighted by molar-refractivity contribution is 0.652. The van der Waals surface area contributed by atoms with E-state index in [1.807, 2.05) is 12.1 Å². The van der Waals surface area contributed by atoms with Crippen molar-refractivity contribution in [3.05, 3.63) is 52.5 Å². The first kappa shape index (κ1) is 15.7. The first-order valence-corrected chi connectivity index (χ1v) is 9.43. The summed E-state index contributed by atoms with van der Waals surface area (Å²) in [4.78, 5) is 9.74. The summed E-state index contributed by atoms with van der Waals surface area (Å²) in [7, 11) is 0. The summed E-state index contributed by atoms with van der Waals surface area (Å²) in [5.74, 6) is 0. The quantitative estimate of drug-likeness (QED) is 0.650. The molecule has 2 heterocycles. The maximum atomic E-state index is 5.98. The van der Waals surface area contributed by atoms with Crippen LogP contribution in [0.25, 0.3) is 10.2 Å². The van der Waals surface area contributed by atoms with Gasteiger partial charge in [0.25, 0.3) is 0 Å². The van der Waals surface area contributed by atoms with Crippen LogP contribution in [0.4, 0.5) is 10.8 Å². The molecular formula is C19H20ClN3S. The van der Waals surface area contributed by atoms with Gasteiger partial charge in [-0.05, 0) is 55.3 Å². The zero-order valence-electron chi connectivity index (χ0n) is 13.9. The van der Waals surface area contributed by atoms with Crippen molar-refractivity contribution in [3.63, 3.8) is 0 Å². The highest BCUT2D eigenvalue weighted by molar-refractivity contribution is 7.22. The van der Waals surface area contributed by atoms with Gasteiger partial charge in [-0.3, -0.25) is 0 Å². The van der Waals surface area contributed by atoms with Crippen molar-refractivity contribution in [3.8, 4) is 0 Å². The first-order chi connectivity index (χ1) is 11.6. The minimum atomic E-state index is 0.789. The molecule has 1 aliphatic heterocycles. The highest BCUT2D eigenvalue weighted by atomic mass is 35.5. The zero-order valence-corrected chi connectivity index (χ0v) is 15.5. The van der Waals surface area contributed by atoms with Crippen LogP contribution in [-0.2, 0) is 0 Å². The van der Waals surface area contributed by atoms with Crippen molar-refractivity contribution in [1.82, 2.24) is 4.98 Å². The summed E-state index contributed by atoms with van der Waals surface area (Å²) in [6, 6.07) is 12.5. The number of nitrogens with zero attached hydrogens (tertiary/aromatic N) is 3. The van der Waals surface area contributed by atoms with E-state index in [9.17, 15) is 0 Å². The standard InChI is InChI=1S/C19H20ClN3S/c1-13-3-8-17-18(14(13)2)21-19(24-17)23-11-9-22(10-12-23)16-6-4-15(20)5-7-16/h3-8H,9-12H2,1-2H3. The van der Waals surface area contributed by atoms with Crippen molar-refractivity contribution < 1.29 is 0 Å². The summed E-state index contributed by atoms with van der Waals surface area (Å²) in [6.45, 7) is 8.34. The molecular weight excluding hydrogens is 338 g/mol. The van der Waals surface area contributed by atoms with E-state index in [1.165, 1.54) is 21.5 Å². The van der Waals surface area contributed by atoms with Crippen LogP contribution < -0.4 is 9.80 Å². The lowest BCUT2D eigenvalue weighted by Crippen LogP contribution is -2.46. The van der Waals surface area contributed by atoms with E-state index in [-0.39, 0.29) is 0 Å². The van der Waals surface area contributed by atoms with Crippen molar-refractivity contribution in [2.75, 3.05) is 36.0 Å². The third-order valence-electron chi connectivity index (χ3n) is 4.82. The summed E-state index contributed by atoms with van der Waals surface area (Å²) in [5, 5.41) is 1.94. The summed E-state index contributed by atoms with van der Waals surface area (Å²) in [6.07, 6.45) is 0. The number of aryl methyl sites for hydroxylation is 2. The van der Waals surface area contributed by atoms with E-state index in [0.717, 1.165) is 41.8 Å². The van der Waals surface area contributed by atoms with Gasteiger partial charge in [-0.2, -0.15) is 0 Å². The molecule has 1 fully saturated rings. The Hall–Kier alpha value is -1.78. The number of rotatable bonds is 2. The Labute approximate surface area is 151 Å². The summed E-state index contributed by atoms with van der Waals surface area (Å²) < 4.78 is 1.29. The largest absolute Gasteiger partial charge is 0.368 e.